The fourth-order valence-electron chi connectivity index (χ4n) is 8.05. The molecule has 0 spiro atoms. The van der Waals surface area contributed by atoms with Crippen LogP contribution in [0.15, 0.2) is 84.4 Å². The molecular weight excluding hydrogens is 558 g/mol. The molecule has 3 aromatic carbocycles. The molecule has 3 aromatic rings. The monoisotopic (exact) mass is 591 g/mol. The predicted molar refractivity (Wildman–Crippen MR) is 161 cm³/mol. The van der Waals surface area contributed by atoms with E-state index in [1.165, 1.54) is 0 Å². The highest BCUT2D eigenvalue weighted by atomic mass is 16.5. The Bertz CT molecular complexity index is 1720. The lowest BCUT2D eigenvalue weighted by Gasteiger charge is -2.50. The van der Waals surface area contributed by atoms with Crippen molar-refractivity contribution >= 4 is 29.3 Å². The Morgan fingerprint density at radius 1 is 0.955 bits per heavy atom. The molecule has 2 aliphatic heterocycles. The summed E-state index contributed by atoms with van der Waals surface area (Å²) in [4.78, 5) is 55.6. The summed E-state index contributed by atoms with van der Waals surface area (Å²) >= 11 is 0. The first kappa shape index (κ1) is 27.9. The fourth-order valence-corrected chi connectivity index (χ4v) is 8.05. The summed E-state index contributed by atoms with van der Waals surface area (Å²) < 4.78 is 5.76. The van der Waals surface area contributed by atoms with Gasteiger partial charge in [-0.3, -0.25) is 29.9 Å². The van der Waals surface area contributed by atoms with E-state index in [4.69, 9.17) is 4.74 Å². The molecule has 9 nitrogen and oxygen atoms in total. The van der Waals surface area contributed by atoms with Gasteiger partial charge in [-0.1, -0.05) is 71.8 Å². The number of para-hydroxylation sites is 1. The minimum Gasteiger partial charge on any atom is -0.504 e. The number of aromatic hydroxyl groups is 1. The quantitative estimate of drug-likeness (QED) is 0.287. The maximum atomic E-state index is 15.0. The fraction of sp³-hybridized carbons (Fsp3) is 0.314. The Labute approximate surface area is 254 Å². The maximum absolute atomic E-state index is 15.0. The topological polar surface area (TPSA) is 125 Å². The van der Waals surface area contributed by atoms with E-state index in [9.17, 15) is 19.5 Å². The SMILES string of the molecule is CCOc1cccc([C@H]2C3=CC[C@@H]4C(=O)NC(=O)[C@@H]4[C@@H]3C[C@H]3C(=O)N(Nc4ccc(C)cc4)C(=O)[C@@]23c2ccccc2)c1O. The van der Waals surface area contributed by atoms with Crippen LogP contribution in [-0.4, -0.2) is 40.4 Å². The molecule has 4 amide bonds. The van der Waals surface area contributed by atoms with Crippen LogP contribution in [0.4, 0.5) is 5.69 Å². The molecule has 2 aliphatic carbocycles. The molecule has 0 aromatic heterocycles. The number of hydrazine groups is 1. The van der Waals surface area contributed by atoms with E-state index < -0.39 is 46.8 Å². The van der Waals surface area contributed by atoms with Gasteiger partial charge >= 0.3 is 0 Å². The third kappa shape index (κ3) is 3.91. The Kier molecular flexibility index (Phi) is 6.57. The van der Waals surface area contributed by atoms with Gasteiger partial charge in [-0.25, -0.2) is 0 Å². The van der Waals surface area contributed by atoms with E-state index in [1.807, 2.05) is 74.5 Å². The lowest BCUT2D eigenvalue weighted by molar-refractivity contribution is -0.138. The number of nitrogens with one attached hydrogen (secondary N) is 2. The summed E-state index contributed by atoms with van der Waals surface area (Å²) in [6.07, 6.45) is 2.47. The van der Waals surface area contributed by atoms with Crippen LogP contribution in [-0.2, 0) is 24.6 Å². The zero-order valence-corrected chi connectivity index (χ0v) is 24.4. The predicted octanol–water partition coefficient (Wildman–Crippen LogP) is 4.37. The summed E-state index contributed by atoms with van der Waals surface area (Å²) in [6.45, 7) is 4.09. The Hall–Kier alpha value is -4.92. The summed E-state index contributed by atoms with van der Waals surface area (Å²) in [5.41, 5.74) is 5.08. The van der Waals surface area contributed by atoms with Crippen molar-refractivity contribution in [2.24, 2.45) is 23.7 Å². The van der Waals surface area contributed by atoms with Gasteiger partial charge in [0.25, 0.3) is 11.8 Å². The molecule has 3 fully saturated rings. The average Bonchev–Trinajstić information content (AvgIpc) is 3.44. The standard InChI is InChI=1S/C35H33N3O6/c1-3-44-27-11-7-10-24(30(27)39)29-22-16-17-23-28(32(41)36-31(23)40)25(22)18-26-33(42)38(37-21-14-12-19(2)13-15-21)34(43)35(26,29)20-8-5-4-6-9-20/h4-16,23,25-26,28-29,37,39H,3,17-18H2,1-2H3,(H,36,40,41)/t23-,25+,26-,28-,29+,35+/m0/s1. The number of hydrogen-bond acceptors (Lipinski definition) is 7. The molecule has 224 valence electrons. The maximum Gasteiger partial charge on any atom is 0.260 e. The van der Waals surface area contributed by atoms with E-state index in [0.717, 1.165) is 16.1 Å². The smallest absolute Gasteiger partial charge is 0.260 e. The highest BCUT2D eigenvalue weighted by molar-refractivity contribution is 6.13. The first-order valence-electron chi connectivity index (χ1n) is 15.0. The van der Waals surface area contributed by atoms with Crippen molar-refractivity contribution in [1.29, 1.82) is 0 Å². The van der Waals surface area contributed by atoms with Gasteiger partial charge in [0.05, 0.1) is 35.5 Å². The van der Waals surface area contributed by atoms with Gasteiger partial charge in [0.15, 0.2) is 11.5 Å². The van der Waals surface area contributed by atoms with Crippen LogP contribution in [0.25, 0.3) is 0 Å². The van der Waals surface area contributed by atoms with E-state index in [-0.39, 0.29) is 29.7 Å². The number of benzene rings is 3. The second-order valence-corrected chi connectivity index (χ2v) is 12.1. The second-order valence-electron chi connectivity index (χ2n) is 12.1. The van der Waals surface area contributed by atoms with Gasteiger partial charge in [-0.15, -0.1) is 0 Å². The molecule has 4 aliphatic rings. The van der Waals surface area contributed by atoms with Crippen LogP contribution in [0.2, 0.25) is 0 Å². The normalized spacial score (nSPS) is 29.0. The van der Waals surface area contributed by atoms with Crippen LogP contribution in [0.5, 0.6) is 11.5 Å². The first-order chi connectivity index (χ1) is 21.3. The van der Waals surface area contributed by atoms with Gasteiger partial charge in [-0.05, 0) is 56.4 Å². The summed E-state index contributed by atoms with van der Waals surface area (Å²) in [7, 11) is 0. The molecule has 0 unspecified atom stereocenters. The molecule has 7 rings (SSSR count). The van der Waals surface area contributed by atoms with E-state index >= 15 is 4.79 Å². The number of carbonyl (C=O) groups excluding carboxylic acids is 4. The largest absolute Gasteiger partial charge is 0.504 e. The molecular formula is C35H33N3O6. The number of phenolic OH excluding ortho intramolecular Hbond substituents is 1. The van der Waals surface area contributed by atoms with Gasteiger partial charge in [0.2, 0.25) is 11.8 Å². The number of carbonyl (C=O) groups is 4. The van der Waals surface area contributed by atoms with Crippen molar-refractivity contribution in [1.82, 2.24) is 10.3 Å². The lowest BCUT2D eigenvalue weighted by atomic mass is 9.49. The van der Waals surface area contributed by atoms with Crippen molar-refractivity contribution in [3.05, 3.63) is 101 Å². The number of hydrogen-bond donors (Lipinski definition) is 3. The number of nitrogens with zero attached hydrogens (tertiary/aromatic N) is 1. The highest BCUT2D eigenvalue weighted by Gasteiger charge is 2.70. The van der Waals surface area contributed by atoms with Crippen molar-refractivity contribution in [3.8, 4) is 11.5 Å². The Morgan fingerprint density at radius 3 is 2.43 bits per heavy atom. The van der Waals surface area contributed by atoms with Crippen LogP contribution < -0.4 is 15.5 Å². The van der Waals surface area contributed by atoms with Gasteiger partial charge in [0.1, 0.15) is 0 Å². The molecule has 3 N–H and O–H groups in total. The highest BCUT2D eigenvalue weighted by Crippen LogP contribution is 2.64. The number of phenols is 1. The first-order valence-corrected chi connectivity index (χ1v) is 15.0. The van der Waals surface area contributed by atoms with Crippen molar-refractivity contribution < 1.29 is 29.0 Å². The van der Waals surface area contributed by atoms with Crippen LogP contribution >= 0.6 is 0 Å². The average molecular weight is 592 g/mol. The number of rotatable bonds is 6. The second kappa shape index (κ2) is 10.4. The number of aryl methyl sites for hydroxylation is 1. The van der Waals surface area contributed by atoms with Gasteiger partial charge in [-0.2, -0.15) is 5.01 Å². The molecule has 0 bridgehead atoms. The van der Waals surface area contributed by atoms with E-state index in [0.29, 0.717) is 29.8 Å². The molecule has 0 radical (unpaired) electrons. The Balaban J connectivity index is 1.48. The number of amides is 4. The lowest BCUT2D eigenvalue weighted by Crippen LogP contribution is -2.53. The van der Waals surface area contributed by atoms with E-state index in [1.54, 1.807) is 18.2 Å². The molecule has 2 heterocycles. The van der Waals surface area contributed by atoms with Crippen LogP contribution in [0.1, 0.15) is 42.4 Å². The minimum atomic E-state index is -1.45. The zero-order chi connectivity index (χ0) is 30.7. The molecule has 1 saturated carbocycles. The van der Waals surface area contributed by atoms with Crippen molar-refractivity contribution in [2.75, 3.05) is 12.0 Å². The molecule has 6 atom stereocenters. The zero-order valence-electron chi connectivity index (χ0n) is 24.4. The number of anilines is 1. The number of fused-ring (bicyclic) bond motifs is 4. The summed E-state index contributed by atoms with van der Waals surface area (Å²) in [6, 6.07) is 21.8. The molecule has 44 heavy (non-hydrogen) atoms. The van der Waals surface area contributed by atoms with Crippen LogP contribution in [0.3, 0.4) is 0 Å². The minimum absolute atomic E-state index is 0.116. The van der Waals surface area contributed by atoms with Crippen molar-refractivity contribution in [2.45, 2.75) is 38.0 Å². The van der Waals surface area contributed by atoms with E-state index in [2.05, 4.69) is 10.7 Å². The molecule has 2 saturated heterocycles. The Morgan fingerprint density at radius 2 is 1.70 bits per heavy atom. The number of ether oxygens (including phenoxy) is 1. The van der Waals surface area contributed by atoms with Gasteiger partial charge in [0, 0.05) is 11.5 Å². The third-order valence-corrected chi connectivity index (χ3v) is 9.88. The molecule has 9 heteroatoms. The van der Waals surface area contributed by atoms with Gasteiger partial charge < -0.3 is 9.84 Å². The summed E-state index contributed by atoms with van der Waals surface area (Å²) in [5.74, 6) is -4.80. The number of allylic oxidation sites excluding steroid dienone is 2. The number of imide groups is 2. The third-order valence-electron chi connectivity index (χ3n) is 9.88. The summed E-state index contributed by atoms with van der Waals surface area (Å²) in [5, 5.41) is 15.3. The van der Waals surface area contributed by atoms with Crippen LogP contribution in [0, 0.1) is 30.6 Å². The van der Waals surface area contributed by atoms with Crippen molar-refractivity contribution in [3.63, 3.8) is 0 Å².